The van der Waals surface area contributed by atoms with E-state index in [-0.39, 0.29) is 24.3 Å². The molecule has 1 N–H and O–H groups in total. The van der Waals surface area contributed by atoms with Crippen LogP contribution in [0.15, 0.2) is 35.7 Å². The number of nitrogens with one attached hydrogen (secondary N) is 1. The summed E-state index contributed by atoms with van der Waals surface area (Å²) in [5.41, 5.74) is 0. The summed E-state index contributed by atoms with van der Waals surface area (Å²) in [7, 11) is 0. The molecule has 0 spiro atoms. The molecule has 0 bridgehead atoms. The fraction of sp³-hybridized carbons (Fsp3) is 0.214. The SMILES string of the molecule is CC(NC(=O)COc1ccc(F)cc1F)c1cccs1. The summed E-state index contributed by atoms with van der Waals surface area (Å²) in [5, 5.41) is 4.65. The molecule has 2 aromatic rings. The molecule has 20 heavy (non-hydrogen) atoms. The van der Waals surface area contributed by atoms with Crippen LogP contribution in [0.25, 0.3) is 0 Å². The minimum atomic E-state index is -0.830. The van der Waals surface area contributed by atoms with E-state index in [9.17, 15) is 13.6 Å². The molecule has 0 fully saturated rings. The van der Waals surface area contributed by atoms with Crippen LogP contribution in [0.5, 0.6) is 5.75 Å². The predicted molar refractivity (Wildman–Crippen MR) is 72.7 cm³/mol. The Labute approximate surface area is 119 Å². The van der Waals surface area contributed by atoms with Crippen LogP contribution in [0.3, 0.4) is 0 Å². The van der Waals surface area contributed by atoms with Crippen molar-refractivity contribution in [2.45, 2.75) is 13.0 Å². The number of carbonyl (C=O) groups is 1. The number of amides is 1. The van der Waals surface area contributed by atoms with Crippen LogP contribution in [0, 0.1) is 11.6 Å². The summed E-state index contributed by atoms with van der Waals surface area (Å²) in [4.78, 5) is 12.7. The van der Waals surface area contributed by atoms with Crippen LogP contribution in [0.4, 0.5) is 8.78 Å². The third-order valence-electron chi connectivity index (χ3n) is 2.60. The molecule has 0 aliphatic heterocycles. The molecular weight excluding hydrogens is 284 g/mol. The first-order valence-electron chi connectivity index (χ1n) is 5.97. The van der Waals surface area contributed by atoms with Gasteiger partial charge in [0.15, 0.2) is 18.2 Å². The van der Waals surface area contributed by atoms with Gasteiger partial charge < -0.3 is 10.1 Å². The highest BCUT2D eigenvalue weighted by Gasteiger charge is 2.12. The minimum Gasteiger partial charge on any atom is -0.481 e. The highest BCUT2D eigenvalue weighted by molar-refractivity contribution is 7.10. The molecule has 1 amide bonds. The smallest absolute Gasteiger partial charge is 0.258 e. The standard InChI is InChI=1S/C14H13F2NO2S/c1-9(13-3-2-6-20-13)17-14(18)8-19-12-5-4-10(15)7-11(12)16/h2-7,9H,8H2,1H3,(H,17,18). The van der Waals surface area contributed by atoms with Crippen molar-refractivity contribution in [3.05, 3.63) is 52.2 Å². The van der Waals surface area contributed by atoms with Gasteiger partial charge >= 0.3 is 0 Å². The van der Waals surface area contributed by atoms with E-state index in [1.54, 1.807) is 0 Å². The minimum absolute atomic E-state index is 0.135. The summed E-state index contributed by atoms with van der Waals surface area (Å²) >= 11 is 1.53. The Morgan fingerprint density at radius 3 is 2.85 bits per heavy atom. The molecule has 0 aliphatic rings. The van der Waals surface area contributed by atoms with Crippen LogP contribution >= 0.6 is 11.3 Å². The van der Waals surface area contributed by atoms with Crippen LogP contribution in [0.1, 0.15) is 17.8 Å². The lowest BCUT2D eigenvalue weighted by molar-refractivity contribution is -0.123. The van der Waals surface area contributed by atoms with E-state index in [4.69, 9.17) is 4.74 Å². The fourth-order valence-corrected chi connectivity index (χ4v) is 2.36. The molecule has 1 unspecified atom stereocenters. The largest absolute Gasteiger partial charge is 0.481 e. The monoisotopic (exact) mass is 297 g/mol. The summed E-state index contributed by atoms with van der Waals surface area (Å²) in [6.07, 6.45) is 0. The normalized spacial score (nSPS) is 11.9. The van der Waals surface area contributed by atoms with E-state index in [0.29, 0.717) is 6.07 Å². The first-order valence-corrected chi connectivity index (χ1v) is 6.85. The zero-order chi connectivity index (χ0) is 14.5. The molecule has 1 heterocycles. The van der Waals surface area contributed by atoms with Gasteiger partial charge in [-0.3, -0.25) is 4.79 Å². The fourth-order valence-electron chi connectivity index (χ4n) is 1.63. The summed E-state index contributed by atoms with van der Waals surface area (Å²) in [5.74, 6) is -2.03. The van der Waals surface area contributed by atoms with Crippen molar-refractivity contribution >= 4 is 17.2 Å². The molecule has 6 heteroatoms. The van der Waals surface area contributed by atoms with Crippen molar-refractivity contribution < 1.29 is 18.3 Å². The number of carbonyl (C=O) groups excluding carboxylic acids is 1. The maximum Gasteiger partial charge on any atom is 0.258 e. The summed E-state index contributed by atoms with van der Waals surface area (Å²) in [6, 6.07) is 6.61. The molecule has 1 aromatic carbocycles. The van der Waals surface area contributed by atoms with Gasteiger partial charge in [-0.25, -0.2) is 8.78 Å². The third-order valence-corrected chi connectivity index (χ3v) is 3.66. The molecule has 0 saturated heterocycles. The maximum absolute atomic E-state index is 13.3. The molecule has 3 nitrogen and oxygen atoms in total. The Bertz CT molecular complexity index is 587. The van der Waals surface area contributed by atoms with Crippen molar-refractivity contribution in [3.8, 4) is 5.75 Å². The summed E-state index contributed by atoms with van der Waals surface area (Å²) in [6.45, 7) is 1.53. The number of rotatable bonds is 5. The Balaban J connectivity index is 1.86. The lowest BCUT2D eigenvalue weighted by atomic mass is 10.3. The van der Waals surface area contributed by atoms with Gasteiger partial charge in [0.25, 0.3) is 5.91 Å². The van der Waals surface area contributed by atoms with Gasteiger partial charge in [-0.2, -0.15) is 0 Å². The van der Waals surface area contributed by atoms with Crippen LogP contribution in [-0.2, 0) is 4.79 Å². The van der Waals surface area contributed by atoms with Crippen molar-refractivity contribution in [1.29, 1.82) is 0 Å². The predicted octanol–water partition coefficient (Wildman–Crippen LogP) is 3.28. The Hall–Kier alpha value is -1.95. The zero-order valence-corrected chi connectivity index (χ0v) is 11.5. The highest BCUT2D eigenvalue weighted by Crippen LogP contribution is 2.19. The lowest BCUT2D eigenvalue weighted by Crippen LogP contribution is -2.31. The van der Waals surface area contributed by atoms with Crippen molar-refractivity contribution in [2.75, 3.05) is 6.61 Å². The number of thiophene rings is 1. The molecule has 1 atom stereocenters. The van der Waals surface area contributed by atoms with E-state index in [2.05, 4.69) is 5.32 Å². The van der Waals surface area contributed by atoms with Gasteiger partial charge in [-0.15, -0.1) is 11.3 Å². The average molecular weight is 297 g/mol. The van der Waals surface area contributed by atoms with Gasteiger partial charge in [0.05, 0.1) is 6.04 Å². The molecular formula is C14H13F2NO2S. The van der Waals surface area contributed by atoms with Crippen molar-refractivity contribution in [3.63, 3.8) is 0 Å². The number of benzene rings is 1. The second-order valence-electron chi connectivity index (χ2n) is 4.17. The van der Waals surface area contributed by atoms with Crippen LogP contribution in [-0.4, -0.2) is 12.5 Å². The lowest BCUT2D eigenvalue weighted by Gasteiger charge is -2.13. The van der Waals surface area contributed by atoms with E-state index in [1.807, 2.05) is 24.4 Å². The highest BCUT2D eigenvalue weighted by atomic mass is 32.1. The van der Waals surface area contributed by atoms with E-state index in [0.717, 1.165) is 17.0 Å². The quantitative estimate of drug-likeness (QED) is 0.919. The number of hydrogen-bond donors (Lipinski definition) is 1. The molecule has 1 aromatic heterocycles. The second-order valence-corrected chi connectivity index (χ2v) is 5.15. The van der Waals surface area contributed by atoms with E-state index >= 15 is 0 Å². The van der Waals surface area contributed by atoms with Crippen molar-refractivity contribution in [1.82, 2.24) is 5.32 Å². The topological polar surface area (TPSA) is 38.3 Å². The number of halogens is 2. The van der Waals surface area contributed by atoms with Crippen LogP contribution in [0.2, 0.25) is 0 Å². The zero-order valence-electron chi connectivity index (χ0n) is 10.7. The average Bonchev–Trinajstić information content (AvgIpc) is 2.91. The third kappa shape index (κ3) is 3.77. The molecule has 0 aliphatic carbocycles. The number of hydrogen-bond acceptors (Lipinski definition) is 3. The van der Waals surface area contributed by atoms with Crippen molar-refractivity contribution in [2.24, 2.45) is 0 Å². The van der Waals surface area contributed by atoms with Crippen LogP contribution < -0.4 is 10.1 Å². The van der Waals surface area contributed by atoms with E-state index in [1.165, 1.54) is 11.3 Å². The first-order chi connectivity index (χ1) is 9.56. The van der Waals surface area contributed by atoms with Gasteiger partial charge in [0.2, 0.25) is 0 Å². The maximum atomic E-state index is 13.3. The van der Waals surface area contributed by atoms with Gasteiger partial charge in [0, 0.05) is 10.9 Å². The Morgan fingerprint density at radius 1 is 1.40 bits per heavy atom. The Kier molecular flexibility index (Phi) is 4.68. The summed E-state index contributed by atoms with van der Waals surface area (Å²) < 4.78 is 31.0. The van der Waals surface area contributed by atoms with E-state index < -0.39 is 11.6 Å². The molecule has 0 saturated carbocycles. The molecule has 0 radical (unpaired) electrons. The second kappa shape index (κ2) is 6.47. The Morgan fingerprint density at radius 2 is 2.20 bits per heavy atom. The first kappa shape index (κ1) is 14.5. The molecule has 2 rings (SSSR count). The van der Waals surface area contributed by atoms with Gasteiger partial charge in [-0.1, -0.05) is 6.07 Å². The van der Waals surface area contributed by atoms with Gasteiger partial charge in [-0.05, 0) is 30.5 Å². The number of ether oxygens (including phenoxy) is 1. The van der Waals surface area contributed by atoms with Gasteiger partial charge in [0.1, 0.15) is 5.82 Å². The molecule has 106 valence electrons.